The lowest BCUT2D eigenvalue weighted by Crippen LogP contribution is -2.30. The van der Waals surface area contributed by atoms with Crippen molar-refractivity contribution in [1.29, 1.82) is 0 Å². The summed E-state index contributed by atoms with van der Waals surface area (Å²) in [5, 5.41) is 19.8. The molecule has 4 rings (SSSR count). The number of hydrogen-bond donors (Lipinski definition) is 3. The van der Waals surface area contributed by atoms with Gasteiger partial charge < -0.3 is 15.7 Å². The lowest BCUT2D eigenvalue weighted by atomic mass is 10.1. The fraction of sp³-hybridized carbons (Fsp3) is 0.292. The molecule has 0 atom stereocenters. The molecular weight excluding hydrogens is 392 g/mol. The number of rotatable bonds is 7. The van der Waals surface area contributed by atoms with Crippen molar-refractivity contribution in [3.05, 3.63) is 76.6 Å². The predicted molar refractivity (Wildman–Crippen MR) is 118 cm³/mol. The second-order valence-corrected chi connectivity index (χ2v) is 7.74. The molecule has 0 saturated heterocycles. The molecule has 1 aliphatic carbocycles. The zero-order valence-electron chi connectivity index (χ0n) is 17.5. The van der Waals surface area contributed by atoms with Gasteiger partial charge in [0.15, 0.2) is 5.69 Å². The number of hydrogen-bond acceptors (Lipinski definition) is 4. The van der Waals surface area contributed by atoms with Crippen LogP contribution in [0.4, 0.5) is 0 Å². The van der Waals surface area contributed by atoms with Crippen molar-refractivity contribution in [2.24, 2.45) is 0 Å². The van der Waals surface area contributed by atoms with E-state index in [1.807, 2.05) is 35.9 Å². The van der Waals surface area contributed by atoms with Crippen molar-refractivity contribution in [3.63, 3.8) is 0 Å². The first-order chi connectivity index (χ1) is 15.0. The predicted octanol–water partition coefficient (Wildman–Crippen LogP) is 2.92. The molecule has 1 aromatic heterocycles. The average molecular weight is 418 g/mol. The van der Waals surface area contributed by atoms with Crippen LogP contribution in [0.3, 0.4) is 0 Å². The number of fused-ring (bicyclic) bond motifs is 1. The molecule has 1 aliphatic rings. The molecule has 3 N–H and O–H groups in total. The highest BCUT2D eigenvalue weighted by Crippen LogP contribution is 2.28. The summed E-state index contributed by atoms with van der Waals surface area (Å²) in [5.41, 5.74) is 5.19. The van der Waals surface area contributed by atoms with Gasteiger partial charge in [0.05, 0.1) is 5.69 Å². The van der Waals surface area contributed by atoms with Crippen molar-refractivity contribution in [2.75, 3.05) is 13.1 Å². The molecule has 2 aromatic carbocycles. The normalized spacial score (nSPS) is 12.4. The number of carbonyl (C=O) groups is 2. The van der Waals surface area contributed by atoms with Crippen LogP contribution >= 0.6 is 0 Å². The van der Waals surface area contributed by atoms with E-state index in [1.165, 1.54) is 12.1 Å². The summed E-state index contributed by atoms with van der Waals surface area (Å²) in [6.45, 7) is 2.90. The summed E-state index contributed by atoms with van der Waals surface area (Å²) in [4.78, 5) is 24.9. The van der Waals surface area contributed by atoms with Gasteiger partial charge in [-0.25, -0.2) is 4.68 Å². The number of nitrogens with zero attached hydrogens (tertiary/aromatic N) is 2. The van der Waals surface area contributed by atoms with Crippen LogP contribution in [0.15, 0.2) is 48.5 Å². The van der Waals surface area contributed by atoms with E-state index in [4.69, 9.17) is 0 Å². The Morgan fingerprint density at radius 3 is 2.58 bits per heavy atom. The zero-order chi connectivity index (χ0) is 21.8. The van der Waals surface area contributed by atoms with Crippen molar-refractivity contribution in [1.82, 2.24) is 20.4 Å². The van der Waals surface area contributed by atoms with Crippen LogP contribution in [0.1, 0.15) is 50.5 Å². The molecule has 0 saturated carbocycles. The van der Waals surface area contributed by atoms with E-state index < -0.39 is 0 Å². The molecule has 0 aliphatic heterocycles. The average Bonchev–Trinajstić information content (AvgIpc) is 3.37. The van der Waals surface area contributed by atoms with Gasteiger partial charge in [-0.05, 0) is 62.4 Å². The minimum absolute atomic E-state index is 0.0533. The number of amides is 2. The first-order valence-corrected chi connectivity index (χ1v) is 10.6. The molecule has 2 amide bonds. The lowest BCUT2D eigenvalue weighted by Gasteiger charge is -2.08. The fourth-order valence-corrected chi connectivity index (χ4v) is 3.95. The molecule has 160 valence electrons. The van der Waals surface area contributed by atoms with Gasteiger partial charge in [0, 0.05) is 29.9 Å². The van der Waals surface area contributed by atoms with Crippen molar-refractivity contribution < 1.29 is 14.7 Å². The fourth-order valence-electron chi connectivity index (χ4n) is 3.95. The number of aromatic hydroxyl groups is 1. The van der Waals surface area contributed by atoms with Crippen molar-refractivity contribution >= 4 is 11.8 Å². The summed E-state index contributed by atoms with van der Waals surface area (Å²) in [5.74, 6) is -0.376. The highest BCUT2D eigenvalue weighted by Gasteiger charge is 2.27. The van der Waals surface area contributed by atoms with Gasteiger partial charge >= 0.3 is 0 Å². The van der Waals surface area contributed by atoms with Gasteiger partial charge in [0.1, 0.15) is 5.75 Å². The second-order valence-electron chi connectivity index (χ2n) is 7.74. The summed E-state index contributed by atoms with van der Waals surface area (Å²) < 4.78 is 1.92. The van der Waals surface area contributed by atoms with E-state index in [9.17, 15) is 14.7 Å². The molecular formula is C24H26N4O3. The highest BCUT2D eigenvalue weighted by atomic mass is 16.3. The number of phenols is 1. The Hall–Kier alpha value is -3.61. The Kier molecular flexibility index (Phi) is 6.02. The summed E-state index contributed by atoms with van der Waals surface area (Å²) >= 11 is 0. The van der Waals surface area contributed by atoms with Gasteiger partial charge in [-0.1, -0.05) is 24.3 Å². The SMILES string of the molecule is Cc1ccccc1-n1nc(C(=O)NCCCNC(=O)c2cccc(O)c2)c2c1CCC2. The van der Waals surface area contributed by atoms with Gasteiger partial charge in [-0.2, -0.15) is 5.10 Å². The Labute approximate surface area is 181 Å². The number of benzene rings is 2. The summed E-state index contributed by atoms with van der Waals surface area (Å²) in [6, 6.07) is 14.2. The van der Waals surface area contributed by atoms with Crippen LogP contribution in [0.5, 0.6) is 5.75 Å². The lowest BCUT2D eigenvalue weighted by molar-refractivity contribution is 0.0946. The number of aromatic nitrogens is 2. The first kappa shape index (κ1) is 20.7. The third-order valence-electron chi connectivity index (χ3n) is 5.52. The van der Waals surface area contributed by atoms with E-state index in [0.29, 0.717) is 30.8 Å². The quantitative estimate of drug-likeness (QED) is 0.514. The smallest absolute Gasteiger partial charge is 0.272 e. The maximum absolute atomic E-state index is 12.8. The molecule has 3 aromatic rings. The standard InChI is InChI=1S/C24H26N4O3/c1-16-7-2-3-11-20(16)28-21-12-5-10-19(21)22(27-28)24(31)26-14-6-13-25-23(30)17-8-4-9-18(29)15-17/h2-4,7-9,11,15,29H,5-6,10,12-14H2,1H3,(H,25,30)(H,26,31). The number of aryl methyl sites for hydroxylation is 1. The Morgan fingerprint density at radius 1 is 1.03 bits per heavy atom. The monoisotopic (exact) mass is 418 g/mol. The number of phenolic OH excluding ortho intramolecular Hbond substituents is 1. The van der Waals surface area contributed by atoms with Crippen LogP contribution in [0, 0.1) is 6.92 Å². The van der Waals surface area contributed by atoms with Gasteiger partial charge in [-0.15, -0.1) is 0 Å². The summed E-state index contributed by atoms with van der Waals surface area (Å²) in [7, 11) is 0. The van der Waals surface area contributed by atoms with E-state index >= 15 is 0 Å². The van der Waals surface area contributed by atoms with Crippen LogP contribution in [0.2, 0.25) is 0 Å². The molecule has 0 radical (unpaired) electrons. The van der Waals surface area contributed by atoms with Gasteiger partial charge in [-0.3, -0.25) is 9.59 Å². The molecule has 7 nitrogen and oxygen atoms in total. The van der Waals surface area contributed by atoms with Crippen LogP contribution < -0.4 is 10.6 Å². The summed E-state index contributed by atoms with van der Waals surface area (Å²) in [6.07, 6.45) is 3.41. The largest absolute Gasteiger partial charge is 0.508 e. The Bertz CT molecular complexity index is 1120. The van der Waals surface area contributed by atoms with Crippen LogP contribution in [0.25, 0.3) is 5.69 Å². The molecule has 0 unspecified atom stereocenters. The first-order valence-electron chi connectivity index (χ1n) is 10.6. The Morgan fingerprint density at radius 2 is 1.81 bits per heavy atom. The van der Waals surface area contributed by atoms with E-state index in [2.05, 4.69) is 15.7 Å². The maximum atomic E-state index is 12.8. The molecule has 31 heavy (non-hydrogen) atoms. The third kappa shape index (κ3) is 4.45. The van der Waals surface area contributed by atoms with E-state index in [-0.39, 0.29) is 17.6 Å². The zero-order valence-corrected chi connectivity index (χ0v) is 17.5. The minimum atomic E-state index is -0.253. The number of carbonyl (C=O) groups excluding carboxylic acids is 2. The van der Waals surface area contributed by atoms with Crippen LogP contribution in [-0.2, 0) is 12.8 Å². The molecule has 0 bridgehead atoms. The second kappa shape index (κ2) is 9.04. The van der Waals surface area contributed by atoms with Gasteiger partial charge in [0.25, 0.3) is 11.8 Å². The van der Waals surface area contributed by atoms with Crippen molar-refractivity contribution in [3.8, 4) is 11.4 Å². The topological polar surface area (TPSA) is 96.3 Å². The molecule has 1 heterocycles. The van der Waals surface area contributed by atoms with E-state index in [0.717, 1.165) is 41.8 Å². The van der Waals surface area contributed by atoms with E-state index in [1.54, 1.807) is 12.1 Å². The molecule has 7 heteroatoms. The number of nitrogens with one attached hydrogen (secondary N) is 2. The number of para-hydroxylation sites is 1. The van der Waals surface area contributed by atoms with Crippen LogP contribution in [-0.4, -0.2) is 39.8 Å². The molecule has 0 spiro atoms. The van der Waals surface area contributed by atoms with Crippen molar-refractivity contribution in [2.45, 2.75) is 32.6 Å². The highest BCUT2D eigenvalue weighted by molar-refractivity contribution is 5.95. The van der Waals surface area contributed by atoms with Gasteiger partial charge in [0.2, 0.25) is 0 Å². The minimum Gasteiger partial charge on any atom is -0.508 e. The third-order valence-corrected chi connectivity index (χ3v) is 5.52. The maximum Gasteiger partial charge on any atom is 0.272 e. The Balaban J connectivity index is 1.34. The molecule has 0 fully saturated rings.